The molecule has 3 fully saturated rings. The first-order valence-corrected chi connectivity index (χ1v) is 14.1. The summed E-state index contributed by atoms with van der Waals surface area (Å²) in [5.74, 6) is -1.87. The number of rotatable bonds is 5. The molecule has 0 saturated carbocycles. The number of piperidine rings is 3. The van der Waals surface area contributed by atoms with E-state index in [1.54, 1.807) is 4.90 Å². The number of amides is 2. The third-order valence-electron chi connectivity index (χ3n) is 8.05. The number of ether oxygens (including phenoxy) is 2. The molecule has 0 N–H and O–H groups in total. The molecule has 0 spiro atoms. The SMILES string of the molecule is CC(C)(C)OC(=O)N1CCC(CC2CCN([C@H]3CCN(C(=O)OCc4ccccc4)CC3(F)F)CC2)CC1. The summed E-state index contributed by atoms with van der Waals surface area (Å²) in [7, 11) is 0. The summed E-state index contributed by atoms with van der Waals surface area (Å²) >= 11 is 0. The molecule has 0 radical (unpaired) electrons. The summed E-state index contributed by atoms with van der Waals surface area (Å²) < 4.78 is 41.1. The highest BCUT2D eigenvalue weighted by atomic mass is 19.3. The predicted octanol–water partition coefficient (Wildman–Crippen LogP) is 5.78. The van der Waals surface area contributed by atoms with E-state index in [1.165, 1.54) is 0 Å². The number of likely N-dealkylation sites (tertiary alicyclic amines) is 3. The Morgan fingerprint density at radius 1 is 0.868 bits per heavy atom. The minimum Gasteiger partial charge on any atom is -0.445 e. The average Bonchev–Trinajstić information content (AvgIpc) is 2.87. The van der Waals surface area contributed by atoms with Crippen LogP contribution in [-0.2, 0) is 16.1 Å². The fourth-order valence-electron chi connectivity index (χ4n) is 5.99. The molecule has 0 unspecified atom stereocenters. The lowest BCUT2D eigenvalue weighted by Crippen LogP contribution is -2.60. The van der Waals surface area contributed by atoms with Crippen LogP contribution in [0.2, 0.25) is 0 Å². The van der Waals surface area contributed by atoms with Crippen LogP contribution < -0.4 is 0 Å². The Hall–Kier alpha value is -2.42. The highest BCUT2D eigenvalue weighted by Crippen LogP contribution is 2.36. The fraction of sp³-hybridized carbons (Fsp3) is 0.724. The second-order valence-corrected chi connectivity index (χ2v) is 12.2. The minimum atomic E-state index is -2.97. The smallest absolute Gasteiger partial charge is 0.410 e. The van der Waals surface area contributed by atoms with Crippen molar-refractivity contribution in [3.63, 3.8) is 0 Å². The molecular formula is C29H43F2N3O4. The quantitative estimate of drug-likeness (QED) is 0.478. The molecule has 0 aromatic heterocycles. The van der Waals surface area contributed by atoms with Crippen LogP contribution in [0.25, 0.3) is 0 Å². The Balaban J connectivity index is 1.17. The number of carbonyl (C=O) groups is 2. The first-order chi connectivity index (χ1) is 18.0. The van der Waals surface area contributed by atoms with Crippen molar-refractivity contribution in [2.45, 2.75) is 83.5 Å². The first kappa shape index (κ1) is 28.6. The van der Waals surface area contributed by atoms with Crippen LogP contribution in [0.5, 0.6) is 0 Å². The second kappa shape index (κ2) is 12.2. The van der Waals surface area contributed by atoms with Crippen molar-refractivity contribution in [2.24, 2.45) is 11.8 Å². The van der Waals surface area contributed by atoms with Gasteiger partial charge in [0.15, 0.2) is 0 Å². The molecule has 212 valence electrons. The molecule has 1 aromatic rings. The molecule has 7 nitrogen and oxygen atoms in total. The third kappa shape index (κ3) is 7.80. The summed E-state index contributed by atoms with van der Waals surface area (Å²) in [6.07, 6.45) is 4.21. The molecule has 2 amide bonds. The van der Waals surface area contributed by atoms with E-state index in [0.29, 0.717) is 24.9 Å². The van der Waals surface area contributed by atoms with Gasteiger partial charge in [0.05, 0.1) is 12.6 Å². The van der Waals surface area contributed by atoms with Gasteiger partial charge in [-0.15, -0.1) is 0 Å². The van der Waals surface area contributed by atoms with Gasteiger partial charge in [0.1, 0.15) is 12.2 Å². The van der Waals surface area contributed by atoms with Gasteiger partial charge in [-0.2, -0.15) is 0 Å². The van der Waals surface area contributed by atoms with Crippen LogP contribution in [0.15, 0.2) is 30.3 Å². The third-order valence-corrected chi connectivity index (χ3v) is 8.05. The summed E-state index contributed by atoms with van der Waals surface area (Å²) in [6, 6.07) is 8.41. The summed E-state index contributed by atoms with van der Waals surface area (Å²) in [6.45, 7) is 8.18. The average molecular weight is 536 g/mol. The number of benzene rings is 1. The predicted molar refractivity (Wildman–Crippen MR) is 141 cm³/mol. The van der Waals surface area contributed by atoms with E-state index in [2.05, 4.69) is 0 Å². The summed E-state index contributed by atoms with van der Waals surface area (Å²) in [5, 5.41) is 0. The van der Waals surface area contributed by atoms with Gasteiger partial charge < -0.3 is 19.3 Å². The Labute approximate surface area is 225 Å². The maximum absolute atomic E-state index is 15.2. The summed E-state index contributed by atoms with van der Waals surface area (Å²) in [5.41, 5.74) is 0.347. The van der Waals surface area contributed by atoms with Crippen molar-refractivity contribution >= 4 is 12.2 Å². The van der Waals surface area contributed by atoms with Gasteiger partial charge in [-0.05, 0) is 89.8 Å². The lowest BCUT2D eigenvalue weighted by atomic mass is 9.82. The standard InChI is InChI=1S/C29H43F2N3O4/c1-28(2,3)38-27(36)33-16-11-23(12-17-33)19-22-9-14-32(15-10-22)25-13-18-34(21-29(25,30)31)26(35)37-20-24-7-5-4-6-8-24/h4-8,22-23,25H,9-21H2,1-3H3/t25-/m0/s1. The van der Waals surface area contributed by atoms with Gasteiger partial charge in [-0.25, -0.2) is 18.4 Å². The zero-order chi connectivity index (χ0) is 27.3. The lowest BCUT2D eigenvalue weighted by molar-refractivity contribution is -0.128. The van der Waals surface area contributed by atoms with Gasteiger partial charge in [0.25, 0.3) is 5.92 Å². The first-order valence-electron chi connectivity index (χ1n) is 14.1. The van der Waals surface area contributed by atoms with Crippen LogP contribution in [0, 0.1) is 11.8 Å². The van der Waals surface area contributed by atoms with Crippen molar-refractivity contribution in [3.8, 4) is 0 Å². The molecule has 3 aliphatic rings. The van der Waals surface area contributed by atoms with Crippen molar-refractivity contribution in [1.82, 2.24) is 14.7 Å². The van der Waals surface area contributed by atoms with E-state index in [4.69, 9.17) is 9.47 Å². The Kier molecular flexibility index (Phi) is 9.16. The fourth-order valence-corrected chi connectivity index (χ4v) is 5.99. The second-order valence-electron chi connectivity index (χ2n) is 12.2. The van der Waals surface area contributed by atoms with E-state index >= 15 is 8.78 Å². The highest BCUT2D eigenvalue weighted by molar-refractivity contribution is 5.68. The number of hydrogen-bond donors (Lipinski definition) is 0. The molecule has 3 saturated heterocycles. The molecule has 38 heavy (non-hydrogen) atoms. The molecule has 0 bridgehead atoms. The van der Waals surface area contributed by atoms with E-state index in [0.717, 1.165) is 55.7 Å². The normalized spacial score (nSPS) is 23.8. The molecule has 0 aliphatic carbocycles. The Morgan fingerprint density at radius 3 is 2.03 bits per heavy atom. The van der Waals surface area contributed by atoms with E-state index < -0.39 is 30.2 Å². The zero-order valence-electron chi connectivity index (χ0n) is 23.0. The molecule has 4 rings (SSSR count). The van der Waals surface area contributed by atoms with Crippen molar-refractivity contribution in [2.75, 3.05) is 39.3 Å². The number of nitrogens with zero attached hydrogens (tertiary/aromatic N) is 3. The number of hydrogen-bond acceptors (Lipinski definition) is 5. The number of halogens is 2. The van der Waals surface area contributed by atoms with Gasteiger partial charge in [-0.3, -0.25) is 4.90 Å². The topological polar surface area (TPSA) is 62.3 Å². The van der Waals surface area contributed by atoms with Crippen LogP contribution in [-0.4, -0.2) is 83.7 Å². The van der Waals surface area contributed by atoms with Crippen LogP contribution in [0.3, 0.4) is 0 Å². The Morgan fingerprint density at radius 2 is 1.45 bits per heavy atom. The van der Waals surface area contributed by atoms with Gasteiger partial charge in [-0.1, -0.05) is 30.3 Å². The van der Waals surface area contributed by atoms with E-state index in [1.807, 2.05) is 56.0 Å². The van der Waals surface area contributed by atoms with Gasteiger partial charge in [0, 0.05) is 19.6 Å². The van der Waals surface area contributed by atoms with Crippen LogP contribution in [0.4, 0.5) is 18.4 Å². The lowest BCUT2D eigenvalue weighted by Gasteiger charge is -2.45. The zero-order valence-corrected chi connectivity index (χ0v) is 23.0. The van der Waals surface area contributed by atoms with Gasteiger partial charge in [0.2, 0.25) is 0 Å². The van der Waals surface area contributed by atoms with Crippen LogP contribution in [0.1, 0.15) is 64.9 Å². The van der Waals surface area contributed by atoms with E-state index in [9.17, 15) is 9.59 Å². The number of alkyl halides is 2. The van der Waals surface area contributed by atoms with Crippen molar-refractivity contribution in [1.29, 1.82) is 0 Å². The molecule has 1 aromatic carbocycles. The minimum absolute atomic E-state index is 0.0821. The van der Waals surface area contributed by atoms with Gasteiger partial charge >= 0.3 is 12.2 Å². The van der Waals surface area contributed by atoms with Crippen LogP contribution >= 0.6 is 0 Å². The highest BCUT2D eigenvalue weighted by Gasteiger charge is 2.49. The molecule has 9 heteroatoms. The monoisotopic (exact) mass is 535 g/mol. The summed E-state index contributed by atoms with van der Waals surface area (Å²) in [4.78, 5) is 29.6. The van der Waals surface area contributed by atoms with Crippen molar-refractivity contribution < 1.29 is 27.8 Å². The molecule has 3 aliphatic heterocycles. The van der Waals surface area contributed by atoms with E-state index in [-0.39, 0.29) is 25.7 Å². The maximum Gasteiger partial charge on any atom is 0.410 e. The van der Waals surface area contributed by atoms with Crippen molar-refractivity contribution in [3.05, 3.63) is 35.9 Å². The molecule has 1 atom stereocenters. The Bertz CT molecular complexity index is 924. The molecule has 3 heterocycles. The number of carbonyl (C=O) groups excluding carboxylic acids is 2. The largest absolute Gasteiger partial charge is 0.445 e. The molecular weight excluding hydrogens is 492 g/mol. The maximum atomic E-state index is 15.2.